The zero-order valence-corrected chi connectivity index (χ0v) is 7.70. The number of fused-ring (bicyclic) bond motifs is 1. The lowest BCUT2D eigenvalue weighted by Crippen LogP contribution is -2.56. The van der Waals surface area contributed by atoms with E-state index in [1.807, 2.05) is 16.7 Å². The first kappa shape index (κ1) is 7.74. The molecule has 2 aliphatic rings. The number of carbonyl (C=O) groups is 1. The van der Waals surface area contributed by atoms with Gasteiger partial charge in [0.15, 0.2) is 0 Å². The van der Waals surface area contributed by atoms with Crippen molar-refractivity contribution in [2.75, 3.05) is 18.2 Å². The second-order valence-corrected chi connectivity index (χ2v) is 4.58. The Balaban J connectivity index is 1.94. The molecule has 0 spiro atoms. The maximum atomic E-state index is 11.0. The molecule has 4 heteroatoms. The molecule has 0 saturated carbocycles. The molecule has 11 heavy (non-hydrogen) atoms. The maximum Gasteiger partial charge on any atom is 0.226 e. The van der Waals surface area contributed by atoms with Crippen LogP contribution in [0.25, 0.3) is 0 Å². The van der Waals surface area contributed by atoms with Crippen LogP contribution < -0.4 is 0 Å². The fourth-order valence-electron chi connectivity index (χ4n) is 1.46. The van der Waals surface area contributed by atoms with Crippen LogP contribution in [0.4, 0.5) is 0 Å². The van der Waals surface area contributed by atoms with Crippen molar-refractivity contribution in [3.05, 3.63) is 0 Å². The number of alkyl halides is 1. The molecule has 2 nitrogen and oxygen atoms in total. The van der Waals surface area contributed by atoms with E-state index in [1.165, 1.54) is 0 Å². The minimum Gasteiger partial charge on any atom is -0.330 e. The van der Waals surface area contributed by atoms with Crippen molar-refractivity contribution in [2.24, 2.45) is 5.92 Å². The Labute approximate surface area is 75.3 Å². The molecule has 0 aromatic heterocycles. The van der Waals surface area contributed by atoms with E-state index in [0.29, 0.717) is 23.1 Å². The highest BCUT2D eigenvalue weighted by Crippen LogP contribution is 2.36. The monoisotopic (exact) mass is 191 g/mol. The molecule has 2 saturated heterocycles. The summed E-state index contributed by atoms with van der Waals surface area (Å²) >= 11 is 7.58. The van der Waals surface area contributed by atoms with Crippen molar-refractivity contribution in [1.82, 2.24) is 4.90 Å². The molecule has 0 radical (unpaired) electrons. The largest absolute Gasteiger partial charge is 0.330 e. The van der Waals surface area contributed by atoms with Gasteiger partial charge in [-0.15, -0.1) is 23.4 Å². The number of halogens is 1. The normalized spacial score (nSPS) is 36.5. The Morgan fingerprint density at radius 1 is 1.73 bits per heavy atom. The highest BCUT2D eigenvalue weighted by Gasteiger charge is 2.40. The number of carbonyl (C=O) groups excluding carboxylic acids is 1. The summed E-state index contributed by atoms with van der Waals surface area (Å²) in [4.78, 5) is 12.9. The molecule has 2 atom stereocenters. The predicted octanol–water partition coefficient (Wildman–Crippen LogP) is 1.15. The lowest BCUT2D eigenvalue weighted by atomic mass is 10.1. The molecule has 0 aliphatic carbocycles. The minimum atomic E-state index is 0.303. The van der Waals surface area contributed by atoms with E-state index in [9.17, 15) is 4.79 Å². The lowest BCUT2D eigenvalue weighted by Gasteiger charge is -2.45. The van der Waals surface area contributed by atoms with Crippen LogP contribution in [0.3, 0.4) is 0 Å². The highest BCUT2D eigenvalue weighted by atomic mass is 35.5. The number of β-lactam (4-membered cyclic amide) rings is 1. The Kier molecular flexibility index (Phi) is 2.02. The van der Waals surface area contributed by atoms with Gasteiger partial charge in [0.25, 0.3) is 0 Å². The number of thioether (sulfide) groups is 1. The maximum absolute atomic E-state index is 11.0. The Bertz CT molecular complexity index is 187. The van der Waals surface area contributed by atoms with Gasteiger partial charge >= 0.3 is 0 Å². The van der Waals surface area contributed by atoms with Crippen molar-refractivity contribution in [1.29, 1.82) is 0 Å². The zero-order valence-electron chi connectivity index (χ0n) is 6.12. The molecular weight excluding hydrogens is 182 g/mol. The van der Waals surface area contributed by atoms with E-state index in [2.05, 4.69) is 0 Å². The van der Waals surface area contributed by atoms with E-state index in [0.717, 1.165) is 18.7 Å². The minimum absolute atomic E-state index is 0.303. The second kappa shape index (κ2) is 2.87. The van der Waals surface area contributed by atoms with Crippen molar-refractivity contribution in [3.8, 4) is 0 Å². The molecule has 1 amide bonds. The number of hydrogen-bond acceptors (Lipinski definition) is 2. The van der Waals surface area contributed by atoms with Crippen LogP contribution in [0.2, 0.25) is 0 Å². The highest BCUT2D eigenvalue weighted by molar-refractivity contribution is 8.00. The van der Waals surface area contributed by atoms with Gasteiger partial charge in [-0.05, 0) is 5.92 Å². The first-order chi connectivity index (χ1) is 5.31. The Morgan fingerprint density at radius 2 is 2.55 bits per heavy atom. The molecule has 0 aromatic rings. The molecular formula is C7H10ClNOS. The van der Waals surface area contributed by atoms with E-state index >= 15 is 0 Å². The van der Waals surface area contributed by atoms with Crippen LogP contribution in [0.1, 0.15) is 6.42 Å². The van der Waals surface area contributed by atoms with Gasteiger partial charge in [0.2, 0.25) is 5.91 Å². The third kappa shape index (κ3) is 1.25. The molecule has 0 aromatic carbocycles. The lowest BCUT2D eigenvalue weighted by molar-refractivity contribution is -0.142. The molecule has 2 heterocycles. The SMILES string of the molecule is O=C1C[C@H]2SCC(CCl)CN12. The van der Waals surface area contributed by atoms with Crippen molar-refractivity contribution >= 4 is 29.3 Å². The quantitative estimate of drug-likeness (QED) is 0.458. The fraction of sp³-hybridized carbons (Fsp3) is 0.857. The molecule has 62 valence electrons. The van der Waals surface area contributed by atoms with Crippen molar-refractivity contribution in [2.45, 2.75) is 11.8 Å². The summed E-state index contributed by atoms with van der Waals surface area (Å²) in [7, 11) is 0. The third-order valence-electron chi connectivity index (χ3n) is 2.21. The summed E-state index contributed by atoms with van der Waals surface area (Å²) in [5.74, 6) is 2.63. The summed E-state index contributed by atoms with van der Waals surface area (Å²) in [6.45, 7) is 0.889. The van der Waals surface area contributed by atoms with Crippen LogP contribution in [-0.4, -0.2) is 34.4 Å². The molecule has 0 N–H and O–H groups in total. The van der Waals surface area contributed by atoms with Gasteiger partial charge in [-0.25, -0.2) is 0 Å². The third-order valence-corrected chi connectivity index (χ3v) is 4.12. The van der Waals surface area contributed by atoms with Crippen LogP contribution in [-0.2, 0) is 4.79 Å². The smallest absolute Gasteiger partial charge is 0.226 e. The predicted molar refractivity (Wildman–Crippen MR) is 46.8 cm³/mol. The topological polar surface area (TPSA) is 20.3 Å². The van der Waals surface area contributed by atoms with E-state index in [4.69, 9.17) is 11.6 Å². The number of hydrogen-bond donors (Lipinski definition) is 0. The molecule has 2 rings (SSSR count). The fourth-order valence-corrected chi connectivity index (χ4v) is 3.16. The second-order valence-electron chi connectivity index (χ2n) is 3.06. The molecule has 2 fully saturated rings. The summed E-state index contributed by atoms with van der Waals surface area (Å²) < 4.78 is 0. The Hall–Kier alpha value is 0.110. The van der Waals surface area contributed by atoms with Gasteiger partial charge in [0.1, 0.15) is 0 Å². The average molecular weight is 192 g/mol. The van der Waals surface area contributed by atoms with Gasteiger partial charge in [-0.3, -0.25) is 4.79 Å². The summed E-state index contributed by atoms with van der Waals surface area (Å²) in [6, 6.07) is 0. The van der Waals surface area contributed by atoms with Gasteiger partial charge in [0.05, 0.1) is 11.8 Å². The molecule has 2 aliphatic heterocycles. The number of nitrogens with zero attached hydrogens (tertiary/aromatic N) is 1. The standard InChI is InChI=1S/C7H10ClNOS/c8-2-5-3-9-6(10)1-7(9)11-4-5/h5,7H,1-4H2/t5?,7-/m1/s1. The van der Waals surface area contributed by atoms with Gasteiger partial charge in [-0.1, -0.05) is 0 Å². The van der Waals surface area contributed by atoms with Crippen molar-refractivity contribution in [3.63, 3.8) is 0 Å². The van der Waals surface area contributed by atoms with Crippen LogP contribution in [0.5, 0.6) is 0 Å². The van der Waals surface area contributed by atoms with E-state index in [1.54, 1.807) is 0 Å². The van der Waals surface area contributed by atoms with Crippen LogP contribution in [0.15, 0.2) is 0 Å². The van der Waals surface area contributed by atoms with Gasteiger partial charge < -0.3 is 4.90 Å². The van der Waals surface area contributed by atoms with Crippen LogP contribution >= 0.6 is 23.4 Å². The van der Waals surface area contributed by atoms with Gasteiger partial charge in [0, 0.05) is 18.2 Å². The van der Waals surface area contributed by atoms with Crippen LogP contribution in [0, 0.1) is 5.92 Å². The molecule has 1 unspecified atom stereocenters. The van der Waals surface area contributed by atoms with Gasteiger partial charge in [-0.2, -0.15) is 0 Å². The first-order valence-electron chi connectivity index (χ1n) is 3.78. The van der Waals surface area contributed by atoms with E-state index in [-0.39, 0.29) is 0 Å². The van der Waals surface area contributed by atoms with E-state index < -0.39 is 0 Å². The first-order valence-corrected chi connectivity index (χ1v) is 5.36. The summed E-state index contributed by atoms with van der Waals surface area (Å²) in [6.07, 6.45) is 0.750. The summed E-state index contributed by atoms with van der Waals surface area (Å²) in [5, 5.41) is 0.488. The zero-order chi connectivity index (χ0) is 7.84. The molecule has 0 bridgehead atoms. The average Bonchev–Trinajstić information content (AvgIpc) is 2.03. The summed E-state index contributed by atoms with van der Waals surface area (Å²) in [5.41, 5.74) is 0. The number of amides is 1. The van der Waals surface area contributed by atoms with Crippen molar-refractivity contribution < 1.29 is 4.79 Å². The Morgan fingerprint density at radius 3 is 3.18 bits per heavy atom. The number of rotatable bonds is 1.